The van der Waals surface area contributed by atoms with Crippen LogP contribution < -0.4 is 11.1 Å². The Labute approximate surface area is 105 Å². The Hall–Kier alpha value is -0.610. The third-order valence-corrected chi connectivity index (χ3v) is 3.26. The van der Waals surface area contributed by atoms with Gasteiger partial charge in [-0.15, -0.1) is 0 Å². The van der Waals surface area contributed by atoms with Gasteiger partial charge in [0.1, 0.15) is 5.54 Å². The summed E-state index contributed by atoms with van der Waals surface area (Å²) in [6.45, 7) is 9.05. The number of carbonyl (C=O) groups is 1. The van der Waals surface area contributed by atoms with Crippen LogP contribution in [0.15, 0.2) is 0 Å². The van der Waals surface area contributed by atoms with Crippen LogP contribution in [0.2, 0.25) is 0 Å². The number of hydrogen-bond donors (Lipinski definition) is 2. The zero-order valence-electron chi connectivity index (χ0n) is 11.5. The first-order chi connectivity index (χ1) is 8.01. The summed E-state index contributed by atoms with van der Waals surface area (Å²) in [4.78, 5) is 14.0. The van der Waals surface area contributed by atoms with Crippen molar-refractivity contribution >= 4 is 5.91 Å². The van der Waals surface area contributed by atoms with Crippen molar-refractivity contribution < 1.29 is 4.79 Å². The van der Waals surface area contributed by atoms with Crippen molar-refractivity contribution in [3.63, 3.8) is 0 Å². The van der Waals surface area contributed by atoms with E-state index in [0.29, 0.717) is 6.04 Å². The average Bonchev–Trinajstić information content (AvgIpc) is 3.02. The number of hydrogen-bond acceptors (Lipinski definition) is 3. The van der Waals surface area contributed by atoms with E-state index in [2.05, 4.69) is 24.1 Å². The Morgan fingerprint density at radius 1 is 1.35 bits per heavy atom. The van der Waals surface area contributed by atoms with E-state index in [-0.39, 0.29) is 5.91 Å². The van der Waals surface area contributed by atoms with Gasteiger partial charge in [0.15, 0.2) is 0 Å². The molecule has 0 spiro atoms. The van der Waals surface area contributed by atoms with Crippen molar-refractivity contribution in [3.8, 4) is 0 Å². The number of nitrogens with two attached hydrogens (primary N) is 1. The molecule has 1 aliphatic rings. The van der Waals surface area contributed by atoms with Crippen LogP contribution in [0.4, 0.5) is 0 Å². The molecule has 0 saturated heterocycles. The minimum Gasteiger partial charge on any atom is -0.368 e. The number of rotatable bonds is 9. The molecule has 1 rings (SSSR count). The molecular formula is C13H27N3O. The summed E-state index contributed by atoms with van der Waals surface area (Å²) in [5.74, 6) is -0.235. The lowest BCUT2D eigenvalue weighted by molar-refractivity contribution is -0.124. The molecule has 0 aromatic heterocycles. The first-order valence-corrected chi connectivity index (χ1v) is 6.81. The largest absolute Gasteiger partial charge is 0.368 e. The molecule has 1 unspecified atom stereocenters. The molecule has 1 saturated carbocycles. The normalized spacial score (nSPS) is 19.3. The Morgan fingerprint density at radius 2 is 1.88 bits per heavy atom. The average molecular weight is 241 g/mol. The summed E-state index contributed by atoms with van der Waals surface area (Å²) in [7, 11) is 0. The zero-order valence-corrected chi connectivity index (χ0v) is 11.5. The molecule has 1 amide bonds. The maximum Gasteiger partial charge on any atom is 0.238 e. The summed E-state index contributed by atoms with van der Waals surface area (Å²) in [6, 6.07) is 0.498. The fourth-order valence-electron chi connectivity index (χ4n) is 2.22. The number of primary amides is 1. The topological polar surface area (TPSA) is 58.4 Å². The van der Waals surface area contributed by atoms with Gasteiger partial charge in [-0.05, 0) is 45.7 Å². The zero-order chi connectivity index (χ0) is 12.9. The van der Waals surface area contributed by atoms with Crippen molar-refractivity contribution in [1.82, 2.24) is 10.2 Å². The molecule has 0 heterocycles. The molecule has 0 bridgehead atoms. The SMILES string of the molecule is CCCN(CCC)CC(C)(NC1CC1)C(N)=O. The predicted octanol–water partition coefficient (Wildman–Crippen LogP) is 1.10. The van der Waals surface area contributed by atoms with Crippen LogP contribution in [-0.2, 0) is 4.79 Å². The quantitative estimate of drug-likeness (QED) is 0.635. The first-order valence-electron chi connectivity index (χ1n) is 6.81. The van der Waals surface area contributed by atoms with E-state index in [0.717, 1.165) is 32.5 Å². The molecule has 100 valence electrons. The molecule has 0 aliphatic heterocycles. The van der Waals surface area contributed by atoms with E-state index in [1.54, 1.807) is 0 Å². The second-order valence-electron chi connectivity index (χ2n) is 5.39. The lowest BCUT2D eigenvalue weighted by Crippen LogP contribution is -2.60. The van der Waals surface area contributed by atoms with Gasteiger partial charge in [-0.1, -0.05) is 13.8 Å². The standard InChI is InChI=1S/C13H27N3O/c1-4-8-16(9-5-2)10-13(3,12(14)17)15-11-6-7-11/h11,15H,4-10H2,1-3H3,(H2,14,17). The monoisotopic (exact) mass is 241 g/mol. The van der Waals surface area contributed by atoms with Gasteiger partial charge in [0.25, 0.3) is 0 Å². The number of nitrogens with one attached hydrogen (secondary N) is 1. The van der Waals surface area contributed by atoms with Crippen LogP contribution in [0.1, 0.15) is 46.5 Å². The molecule has 4 nitrogen and oxygen atoms in total. The Balaban J connectivity index is 2.58. The van der Waals surface area contributed by atoms with E-state index in [1.807, 2.05) is 6.92 Å². The third kappa shape index (κ3) is 4.64. The highest BCUT2D eigenvalue weighted by atomic mass is 16.1. The van der Waals surface area contributed by atoms with E-state index >= 15 is 0 Å². The number of carbonyl (C=O) groups excluding carboxylic acids is 1. The van der Waals surface area contributed by atoms with Crippen molar-refractivity contribution in [2.45, 2.75) is 58.0 Å². The van der Waals surface area contributed by atoms with E-state index in [1.165, 1.54) is 12.8 Å². The highest BCUT2D eigenvalue weighted by Gasteiger charge is 2.38. The summed E-state index contributed by atoms with van der Waals surface area (Å²) in [5.41, 5.74) is 4.98. The molecule has 1 aliphatic carbocycles. The third-order valence-electron chi connectivity index (χ3n) is 3.26. The molecule has 1 fully saturated rings. The van der Waals surface area contributed by atoms with Gasteiger partial charge in [0.2, 0.25) is 5.91 Å². The van der Waals surface area contributed by atoms with E-state index in [4.69, 9.17) is 5.73 Å². The van der Waals surface area contributed by atoms with Gasteiger partial charge in [-0.25, -0.2) is 0 Å². The van der Waals surface area contributed by atoms with Gasteiger partial charge >= 0.3 is 0 Å². The molecule has 4 heteroatoms. The first kappa shape index (κ1) is 14.5. The minimum absolute atomic E-state index is 0.235. The summed E-state index contributed by atoms with van der Waals surface area (Å²) < 4.78 is 0. The minimum atomic E-state index is -0.578. The van der Waals surface area contributed by atoms with Gasteiger partial charge < -0.3 is 10.6 Å². The highest BCUT2D eigenvalue weighted by molar-refractivity contribution is 5.84. The van der Waals surface area contributed by atoms with Gasteiger partial charge in [0, 0.05) is 12.6 Å². The Bertz CT molecular complexity index is 247. The van der Waals surface area contributed by atoms with Crippen LogP contribution in [0, 0.1) is 0 Å². The fraction of sp³-hybridized carbons (Fsp3) is 0.923. The summed E-state index contributed by atoms with van der Waals surface area (Å²) in [6.07, 6.45) is 4.56. The molecule has 3 N–H and O–H groups in total. The van der Waals surface area contributed by atoms with Crippen LogP contribution >= 0.6 is 0 Å². The van der Waals surface area contributed by atoms with Crippen LogP contribution in [0.3, 0.4) is 0 Å². The molecule has 17 heavy (non-hydrogen) atoms. The van der Waals surface area contributed by atoms with Crippen LogP contribution in [0.5, 0.6) is 0 Å². The molecule has 0 radical (unpaired) electrons. The molecule has 1 atom stereocenters. The smallest absolute Gasteiger partial charge is 0.238 e. The number of amides is 1. The van der Waals surface area contributed by atoms with Gasteiger partial charge in [-0.3, -0.25) is 10.1 Å². The maximum absolute atomic E-state index is 11.7. The van der Waals surface area contributed by atoms with Crippen molar-refractivity contribution in [2.75, 3.05) is 19.6 Å². The molecule has 0 aromatic carbocycles. The van der Waals surface area contributed by atoms with Crippen LogP contribution in [0.25, 0.3) is 0 Å². The van der Waals surface area contributed by atoms with Crippen molar-refractivity contribution in [2.24, 2.45) is 5.73 Å². The van der Waals surface area contributed by atoms with Crippen LogP contribution in [-0.4, -0.2) is 42.0 Å². The molecule has 0 aromatic rings. The second kappa shape index (κ2) is 6.36. The predicted molar refractivity (Wildman–Crippen MR) is 70.8 cm³/mol. The lowest BCUT2D eigenvalue weighted by Gasteiger charge is -2.34. The lowest BCUT2D eigenvalue weighted by atomic mass is 10.00. The molecular weight excluding hydrogens is 214 g/mol. The maximum atomic E-state index is 11.7. The number of nitrogens with zero attached hydrogens (tertiary/aromatic N) is 1. The van der Waals surface area contributed by atoms with E-state index < -0.39 is 5.54 Å². The highest BCUT2D eigenvalue weighted by Crippen LogP contribution is 2.23. The van der Waals surface area contributed by atoms with Crippen molar-refractivity contribution in [3.05, 3.63) is 0 Å². The Morgan fingerprint density at radius 3 is 2.24 bits per heavy atom. The fourth-order valence-corrected chi connectivity index (χ4v) is 2.22. The Kier molecular flexibility index (Phi) is 5.40. The van der Waals surface area contributed by atoms with E-state index in [9.17, 15) is 4.79 Å². The van der Waals surface area contributed by atoms with Gasteiger partial charge in [-0.2, -0.15) is 0 Å². The second-order valence-corrected chi connectivity index (χ2v) is 5.39. The van der Waals surface area contributed by atoms with Gasteiger partial charge in [0.05, 0.1) is 0 Å². The van der Waals surface area contributed by atoms with Crippen molar-refractivity contribution in [1.29, 1.82) is 0 Å². The summed E-state index contributed by atoms with van der Waals surface area (Å²) >= 11 is 0. The summed E-state index contributed by atoms with van der Waals surface area (Å²) in [5, 5.41) is 3.40.